The number of fused-ring (bicyclic) bond motifs is 2. The highest BCUT2D eigenvalue weighted by Crippen LogP contribution is 2.40. The fourth-order valence-electron chi connectivity index (χ4n) is 4.32. The van der Waals surface area contributed by atoms with E-state index in [0.29, 0.717) is 61.4 Å². The molecule has 1 N–H and O–H groups in total. The number of anilines is 1. The van der Waals surface area contributed by atoms with Gasteiger partial charge in [-0.25, -0.2) is 4.98 Å². The maximum Gasteiger partial charge on any atom is 0.319 e. The Bertz CT molecular complexity index is 1500. The van der Waals surface area contributed by atoms with E-state index in [1.165, 1.54) is 6.08 Å². The van der Waals surface area contributed by atoms with Crippen molar-refractivity contribution in [3.63, 3.8) is 0 Å². The number of benzene rings is 1. The Balaban J connectivity index is 1.56. The fraction of sp³-hybridized carbons (Fsp3) is 0.346. The minimum Gasteiger partial charge on any atom is -0.462 e. The molecule has 1 aliphatic rings. The molecule has 4 heterocycles. The van der Waals surface area contributed by atoms with Gasteiger partial charge in [0, 0.05) is 38.9 Å². The molecule has 0 saturated carbocycles. The standard InChI is InChI=1S/C26H29ClN8O3/c1-5-20(36)34-8-10-35(11-9-34)24-17-6-7-28-25(22(17)30-26(31-24)37-13-12-33(3)4)38-23-18-15-29-32-19(18)14-16(2)21(23)27/h5-7,14-15H,1,8-13H2,2-4H3,(H,29,32). The van der Waals surface area contributed by atoms with Gasteiger partial charge in [-0.1, -0.05) is 18.2 Å². The van der Waals surface area contributed by atoms with Gasteiger partial charge in [-0.05, 0) is 44.8 Å². The molecule has 1 aliphatic heterocycles. The summed E-state index contributed by atoms with van der Waals surface area (Å²) >= 11 is 6.66. The zero-order valence-corrected chi connectivity index (χ0v) is 22.3. The highest BCUT2D eigenvalue weighted by molar-refractivity contribution is 6.34. The number of carbonyl (C=O) groups is 1. The SMILES string of the molecule is C=CC(=O)N1CCN(c2nc(OCCN(C)C)nc3c(Oc4c(Cl)c(C)cc5[nH]ncc45)nccc23)CC1. The third-order valence-corrected chi connectivity index (χ3v) is 6.86. The third-order valence-electron chi connectivity index (χ3n) is 6.39. The molecule has 0 atom stereocenters. The van der Waals surface area contributed by atoms with Crippen LogP contribution in [0.2, 0.25) is 5.02 Å². The highest BCUT2D eigenvalue weighted by atomic mass is 35.5. The number of aromatic amines is 1. The van der Waals surface area contributed by atoms with Crippen molar-refractivity contribution in [2.45, 2.75) is 6.92 Å². The van der Waals surface area contributed by atoms with E-state index in [-0.39, 0.29) is 17.8 Å². The topological polar surface area (TPSA) is 113 Å². The van der Waals surface area contributed by atoms with Crippen molar-refractivity contribution in [3.05, 3.63) is 47.8 Å². The first-order valence-electron chi connectivity index (χ1n) is 12.3. The molecule has 0 unspecified atom stereocenters. The Hall–Kier alpha value is -3.96. The average molecular weight is 537 g/mol. The molecule has 0 spiro atoms. The fourth-order valence-corrected chi connectivity index (χ4v) is 4.52. The van der Waals surface area contributed by atoms with E-state index >= 15 is 0 Å². The highest BCUT2D eigenvalue weighted by Gasteiger charge is 2.25. The number of nitrogens with zero attached hydrogens (tertiary/aromatic N) is 7. The van der Waals surface area contributed by atoms with Crippen LogP contribution in [-0.2, 0) is 4.79 Å². The van der Waals surface area contributed by atoms with E-state index in [1.807, 2.05) is 38.1 Å². The van der Waals surface area contributed by atoms with Gasteiger partial charge in [-0.2, -0.15) is 15.1 Å². The summed E-state index contributed by atoms with van der Waals surface area (Å²) in [6, 6.07) is 4.00. The van der Waals surface area contributed by atoms with Crippen molar-refractivity contribution in [3.8, 4) is 17.6 Å². The van der Waals surface area contributed by atoms with Crippen molar-refractivity contribution in [1.29, 1.82) is 0 Å². The summed E-state index contributed by atoms with van der Waals surface area (Å²) in [4.78, 5) is 31.9. The lowest BCUT2D eigenvalue weighted by Crippen LogP contribution is -2.48. The number of hydrogen-bond donors (Lipinski definition) is 1. The second-order valence-corrected chi connectivity index (χ2v) is 9.66. The number of nitrogens with one attached hydrogen (secondary N) is 1. The lowest BCUT2D eigenvalue weighted by molar-refractivity contribution is -0.126. The first kappa shape index (κ1) is 25.7. The molecule has 1 fully saturated rings. The van der Waals surface area contributed by atoms with E-state index in [4.69, 9.17) is 26.1 Å². The van der Waals surface area contributed by atoms with Crippen molar-refractivity contribution in [1.82, 2.24) is 34.9 Å². The summed E-state index contributed by atoms with van der Waals surface area (Å²) in [7, 11) is 3.94. The van der Waals surface area contributed by atoms with Gasteiger partial charge in [-0.3, -0.25) is 9.89 Å². The molecule has 1 saturated heterocycles. The molecule has 198 valence electrons. The van der Waals surface area contributed by atoms with Crippen molar-refractivity contribution >= 4 is 45.1 Å². The minimum absolute atomic E-state index is 0.0783. The quantitative estimate of drug-likeness (QED) is 0.338. The number of aromatic nitrogens is 5. The van der Waals surface area contributed by atoms with Gasteiger partial charge in [-0.15, -0.1) is 0 Å². The van der Waals surface area contributed by atoms with Crippen molar-refractivity contribution < 1.29 is 14.3 Å². The van der Waals surface area contributed by atoms with Crippen LogP contribution in [-0.4, -0.2) is 94.3 Å². The number of rotatable bonds is 8. The van der Waals surface area contributed by atoms with Crippen LogP contribution in [0.25, 0.3) is 21.8 Å². The van der Waals surface area contributed by atoms with Crippen LogP contribution in [0.15, 0.2) is 37.2 Å². The van der Waals surface area contributed by atoms with E-state index in [0.717, 1.165) is 21.9 Å². The summed E-state index contributed by atoms with van der Waals surface area (Å²) in [6.45, 7) is 8.92. The zero-order valence-electron chi connectivity index (χ0n) is 21.6. The number of aryl methyl sites for hydroxylation is 1. The molecule has 3 aromatic heterocycles. The van der Waals surface area contributed by atoms with Gasteiger partial charge in [0.1, 0.15) is 17.9 Å². The van der Waals surface area contributed by atoms with Crippen LogP contribution in [0, 0.1) is 6.92 Å². The zero-order chi connectivity index (χ0) is 26.8. The molecular formula is C26H29ClN8O3. The van der Waals surface area contributed by atoms with Crippen LogP contribution < -0.4 is 14.4 Å². The summed E-state index contributed by atoms with van der Waals surface area (Å²) in [5, 5.41) is 9.06. The molecule has 12 heteroatoms. The first-order chi connectivity index (χ1) is 18.4. The normalized spacial score (nSPS) is 13.9. The summed E-state index contributed by atoms with van der Waals surface area (Å²) < 4.78 is 12.3. The number of amides is 1. The number of piperazine rings is 1. The van der Waals surface area contributed by atoms with Crippen LogP contribution in [0.5, 0.6) is 17.6 Å². The predicted molar refractivity (Wildman–Crippen MR) is 146 cm³/mol. The van der Waals surface area contributed by atoms with Gasteiger partial charge in [0.15, 0.2) is 5.75 Å². The molecular weight excluding hydrogens is 508 g/mol. The third kappa shape index (κ3) is 5.07. The molecule has 1 amide bonds. The van der Waals surface area contributed by atoms with Gasteiger partial charge in [0.05, 0.1) is 27.5 Å². The number of ether oxygens (including phenoxy) is 2. The minimum atomic E-state index is -0.0783. The summed E-state index contributed by atoms with van der Waals surface area (Å²) in [6.07, 6.45) is 4.67. The Morgan fingerprint density at radius 3 is 2.76 bits per heavy atom. The number of carbonyl (C=O) groups excluding carboxylic acids is 1. The molecule has 11 nitrogen and oxygen atoms in total. The van der Waals surface area contributed by atoms with Crippen LogP contribution in [0.4, 0.5) is 5.82 Å². The van der Waals surface area contributed by atoms with Crippen molar-refractivity contribution in [2.75, 3.05) is 58.3 Å². The summed E-state index contributed by atoms with van der Waals surface area (Å²) in [5.41, 5.74) is 2.14. The van der Waals surface area contributed by atoms with E-state index in [2.05, 4.69) is 31.6 Å². The maximum absolute atomic E-state index is 12.1. The number of pyridine rings is 1. The smallest absolute Gasteiger partial charge is 0.319 e. The molecule has 0 bridgehead atoms. The molecule has 1 aromatic carbocycles. The molecule has 0 aliphatic carbocycles. The van der Waals surface area contributed by atoms with Crippen LogP contribution in [0.1, 0.15) is 5.56 Å². The molecule has 4 aromatic rings. The largest absolute Gasteiger partial charge is 0.462 e. The Kier molecular flexibility index (Phi) is 7.30. The Morgan fingerprint density at radius 2 is 2.03 bits per heavy atom. The second-order valence-electron chi connectivity index (χ2n) is 9.28. The molecule has 38 heavy (non-hydrogen) atoms. The second kappa shape index (κ2) is 10.8. The lowest BCUT2D eigenvalue weighted by atomic mass is 10.1. The number of hydrogen-bond acceptors (Lipinski definition) is 9. The number of H-pyrrole nitrogens is 1. The average Bonchev–Trinajstić information content (AvgIpc) is 3.38. The molecule has 0 radical (unpaired) electrons. The van der Waals surface area contributed by atoms with Crippen molar-refractivity contribution in [2.24, 2.45) is 0 Å². The van der Waals surface area contributed by atoms with E-state index in [1.54, 1.807) is 17.3 Å². The van der Waals surface area contributed by atoms with Crippen LogP contribution in [0.3, 0.4) is 0 Å². The maximum atomic E-state index is 12.1. The van der Waals surface area contributed by atoms with Crippen LogP contribution >= 0.6 is 11.6 Å². The summed E-state index contributed by atoms with van der Waals surface area (Å²) in [5.74, 6) is 1.34. The number of likely N-dealkylation sites (N-methyl/N-ethyl adjacent to an activating group) is 1. The Labute approximate surface area is 225 Å². The van der Waals surface area contributed by atoms with Gasteiger partial charge < -0.3 is 24.2 Å². The van der Waals surface area contributed by atoms with E-state index in [9.17, 15) is 4.79 Å². The van der Waals surface area contributed by atoms with E-state index < -0.39 is 0 Å². The van der Waals surface area contributed by atoms with Gasteiger partial charge in [0.2, 0.25) is 11.8 Å². The number of halogens is 1. The van der Waals surface area contributed by atoms with Gasteiger partial charge >= 0.3 is 6.01 Å². The monoisotopic (exact) mass is 536 g/mol. The molecule has 5 rings (SSSR count). The first-order valence-corrected chi connectivity index (χ1v) is 12.6. The predicted octanol–water partition coefficient (Wildman–Crippen LogP) is 3.43. The van der Waals surface area contributed by atoms with Gasteiger partial charge in [0.25, 0.3) is 0 Å². The Morgan fingerprint density at radius 1 is 1.24 bits per heavy atom. The lowest BCUT2D eigenvalue weighted by Gasteiger charge is -2.35.